The molecule has 0 bridgehead atoms. The predicted octanol–water partition coefficient (Wildman–Crippen LogP) is 4.54. The first kappa shape index (κ1) is 16.3. The molecule has 3 rings (SSSR count). The molecule has 0 atom stereocenters. The van der Waals surface area contributed by atoms with Crippen LogP contribution in [0.4, 0.5) is 5.69 Å². The summed E-state index contributed by atoms with van der Waals surface area (Å²) < 4.78 is 5.62. The van der Waals surface area contributed by atoms with Gasteiger partial charge in [-0.05, 0) is 44.2 Å². The monoisotopic (exact) mass is 340 g/mol. The van der Waals surface area contributed by atoms with E-state index in [4.69, 9.17) is 16.3 Å². The SMILES string of the molecule is CCOc1ccccc1/C=C1/C(=O)N(c2cccc(Cl)c2)N=C1C. The van der Waals surface area contributed by atoms with Crippen molar-refractivity contribution >= 4 is 35.0 Å². The molecule has 1 aliphatic heterocycles. The molecule has 1 aliphatic rings. The Morgan fingerprint density at radius 1 is 1.21 bits per heavy atom. The molecule has 1 amide bonds. The second-order valence-corrected chi connectivity index (χ2v) is 5.75. The first-order valence-corrected chi connectivity index (χ1v) is 8.07. The van der Waals surface area contributed by atoms with E-state index in [9.17, 15) is 4.79 Å². The summed E-state index contributed by atoms with van der Waals surface area (Å²) in [5.41, 5.74) is 2.70. The van der Waals surface area contributed by atoms with Crippen LogP contribution in [0.2, 0.25) is 5.02 Å². The molecule has 24 heavy (non-hydrogen) atoms. The summed E-state index contributed by atoms with van der Waals surface area (Å²) in [6.45, 7) is 4.31. The van der Waals surface area contributed by atoms with Gasteiger partial charge in [0.25, 0.3) is 5.91 Å². The van der Waals surface area contributed by atoms with Crippen LogP contribution in [0.15, 0.2) is 59.2 Å². The molecule has 0 N–H and O–H groups in total. The van der Waals surface area contributed by atoms with Crippen LogP contribution in [-0.4, -0.2) is 18.2 Å². The molecule has 2 aromatic rings. The Bertz CT molecular complexity index is 843. The highest BCUT2D eigenvalue weighted by molar-refractivity contribution is 6.33. The van der Waals surface area contributed by atoms with E-state index >= 15 is 0 Å². The maximum atomic E-state index is 12.8. The molecular formula is C19H17ClN2O2. The predicted molar refractivity (Wildman–Crippen MR) is 97.6 cm³/mol. The molecule has 0 aromatic heterocycles. The second kappa shape index (κ2) is 6.89. The quantitative estimate of drug-likeness (QED) is 0.766. The average Bonchev–Trinajstić information content (AvgIpc) is 2.85. The van der Waals surface area contributed by atoms with E-state index in [-0.39, 0.29) is 5.91 Å². The number of rotatable bonds is 4. The van der Waals surface area contributed by atoms with Gasteiger partial charge < -0.3 is 4.74 Å². The van der Waals surface area contributed by atoms with Gasteiger partial charge in [0.15, 0.2) is 0 Å². The van der Waals surface area contributed by atoms with E-state index in [2.05, 4.69) is 5.10 Å². The topological polar surface area (TPSA) is 41.9 Å². The summed E-state index contributed by atoms with van der Waals surface area (Å²) in [7, 11) is 0. The van der Waals surface area contributed by atoms with E-state index in [0.29, 0.717) is 28.6 Å². The number of carbonyl (C=O) groups is 1. The van der Waals surface area contributed by atoms with Crippen LogP contribution < -0.4 is 9.75 Å². The van der Waals surface area contributed by atoms with Gasteiger partial charge in [-0.25, -0.2) is 0 Å². The standard InChI is InChI=1S/C19H17ClN2O2/c1-3-24-18-10-5-4-7-14(18)11-17-13(2)21-22(19(17)23)16-9-6-8-15(20)12-16/h4-12H,3H2,1-2H3/b17-11+. The van der Waals surface area contributed by atoms with Gasteiger partial charge >= 0.3 is 0 Å². The lowest BCUT2D eigenvalue weighted by Gasteiger charge is -2.12. The molecule has 0 fully saturated rings. The fraction of sp³-hybridized carbons (Fsp3) is 0.158. The Hall–Kier alpha value is -2.59. The van der Waals surface area contributed by atoms with Crippen molar-refractivity contribution in [2.24, 2.45) is 5.10 Å². The van der Waals surface area contributed by atoms with Crippen LogP contribution in [-0.2, 0) is 4.79 Å². The smallest absolute Gasteiger partial charge is 0.280 e. The van der Waals surface area contributed by atoms with Crippen molar-refractivity contribution in [2.45, 2.75) is 13.8 Å². The van der Waals surface area contributed by atoms with E-state index < -0.39 is 0 Å². The van der Waals surface area contributed by atoms with Crippen molar-refractivity contribution < 1.29 is 9.53 Å². The molecule has 0 saturated heterocycles. The number of benzene rings is 2. The maximum Gasteiger partial charge on any atom is 0.280 e. The lowest BCUT2D eigenvalue weighted by molar-refractivity contribution is -0.114. The number of hydrogen-bond donors (Lipinski definition) is 0. The van der Waals surface area contributed by atoms with E-state index in [0.717, 1.165) is 11.3 Å². The molecule has 4 nitrogen and oxygen atoms in total. The van der Waals surface area contributed by atoms with Gasteiger partial charge in [-0.3, -0.25) is 4.79 Å². The zero-order chi connectivity index (χ0) is 17.1. The number of ether oxygens (including phenoxy) is 1. The minimum atomic E-state index is -0.180. The lowest BCUT2D eigenvalue weighted by atomic mass is 10.1. The Balaban J connectivity index is 1.96. The zero-order valence-electron chi connectivity index (χ0n) is 13.5. The third-order valence-corrected chi connectivity index (χ3v) is 3.87. The summed E-state index contributed by atoms with van der Waals surface area (Å²) in [4.78, 5) is 12.8. The molecule has 0 unspecified atom stereocenters. The average molecular weight is 341 g/mol. The number of nitrogens with zero attached hydrogens (tertiary/aromatic N) is 2. The van der Waals surface area contributed by atoms with Crippen molar-refractivity contribution in [1.29, 1.82) is 0 Å². The van der Waals surface area contributed by atoms with Crippen LogP contribution >= 0.6 is 11.6 Å². The zero-order valence-corrected chi connectivity index (χ0v) is 14.2. The summed E-state index contributed by atoms with van der Waals surface area (Å²) in [5.74, 6) is 0.565. The highest BCUT2D eigenvalue weighted by atomic mass is 35.5. The summed E-state index contributed by atoms with van der Waals surface area (Å²) >= 11 is 6.01. The van der Waals surface area contributed by atoms with Crippen LogP contribution in [0, 0.1) is 0 Å². The van der Waals surface area contributed by atoms with Crippen molar-refractivity contribution in [3.05, 3.63) is 64.7 Å². The normalized spacial score (nSPS) is 15.8. The summed E-state index contributed by atoms with van der Waals surface area (Å²) in [6.07, 6.45) is 1.82. The molecule has 2 aromatic carbocycles. The van der Waals surface area contributed by atoms with Gasteiger partial charge in [0.05, 0.1) is 23.6 Å². The van der Waals surface area contributed by atoms with Crippen molar-refractivity contribution in [1.82, 2.24) is 0 Å². The lowest BCUT2D eigenvalue weighted by Crippen LogP contribution is -2.21. The van der Waals surface area contributed by atoms with Gasteiger partial charge in [0.1, 0.15) is 5.75 Å². The highest BCUT2D eigenvalue weighted by Crippen LogP contribution is 2.28. The third kappa shape index (κ3) is 3.19. The molecule has 1 heterocycles. The van der Waals surface area contributed by atoms with E-state index in [1.54, 1.807) is 24.3 Å². The number of halogens is 1. The Morgan fingerprint density at radius 3 is 2.75 bits per heavy atom. The van der Waals surface area contributed by atoms with Crippen molar-refractivity contribution in [3.63, 3.8) is 0 Å². The van der Waals surface area contributed by atoms with Crippen molar-refractivity contribution in [3.8, 4) is 5.75 Å². The second-order valence-electron chi connectivity index (χ2n) is 5.31. The van der Waals surface area contributed by atoms with Gasteiger partial charge in [-0.15, -0.1) is 0 Å². The fourth-order valence-corrected chi connectivity index (χ4v) is 2.69. The van der Waals surface area contributed by atoms with Gasteiger partial charge in [-0.2, -0.15) is 10.1 Å². The Labute approximate surface area is 146 Å². The van der Waals surface area contributed by atoms with Crippen molar-refractivity contribution in [2.75, 3.05) is 11.6 Å². The van der Waals surface area contributed by atoms with Gasteiger partial charge in [0, 0.05) is 10.6 Å². The first-order chi connectivity index (χ1) is 11.6. The van der Waals surface area contributed by atoms with E-state index in [1.165, 1.54) is 5.01 Å². The van der Waals surface area contributed by atoms with Crippen LogP contribution in [0.5, 0.6) is 5.75 Å². The number of carbonyl (C=O) groups excluding carboxylic acids is 1. The first-order valence-electron chi connectivity index (χ1n) is 7.69. The van der Waals surface area contributed by atoms with E-state index in [1.807, 2.05) is 44.2 Å². The summed E-state index contributed by atoms with van der Waals surface area (Å²) in [6, 6.07) is 14.7. The number of amides is 1. The molecule has 0 aliphatic carbocycles. The largest absolute Gasteiger partial charge is 0.493 e. The molecule has 0 saturated carbocycles. The molecule has 122 valence electrons. The minimum absolute atomic E-state index is 0.180. The molecular weight excluding hydrogens is 324 g/mol. The van der Waals surface area contributed by atoms with Gasteiger partial charge in [0.2, 0.25) is 0 Å². The van der Waals surface area contributed by atoms with Crippen LogP contribution in [0.1, 0.15) is 19.4 Å². The Morgan fingerprint density at radius 2 is 2.00 bits per heavy atom. The number of para-hydroxylation sites is 1. The van der Waals surface area contributed by atoms with Gasteiger partial charge in [-0.1, -0.05) is 35.9 Å². The van der Waals surface area contributed by atoms with Crippen LogP contribution in [0.3, 0.4) is 0 Å². The number of anilines is 1. The molecule has 0 radical (unpaired) electrons. The maximum absolute atomic E-state index is 12.8. The molecule has 0 spiro atoms. The number of hydrazone groups is 1. The third-order valence-electron chi connectivity index (χ3n) is 3.63. The fourth-order valence-electron chi connectivity index (χ4n) is 2.51. The minimum Gasteiger partial charge on any atom is -0.493 e. The highest BCUT2D eigenvalue weighted by Gasteiger charge is 2.29. The van der Waals surface area contributed by atoms with Crippen LogP contribution in [0.25, 0.3) is 6.08 Å². The molecule has 5 heteroatoms. The number of hydrogen-bond acceptors (Lipinski definition) is 3. The Kier molecular flexibility index (Phi) is 4.67. The summed E-state index contributed by atoms with van der Waals surface area (Å²) in [5, 5.41) is 6.30.